The number of nitrogens with one attached hydrogen (secondary N) is 1. The Labute approximate surface area is 169 Å². The van der Waals surface area contributed by atoms with Crippen molar-refractivity contribution in [3.8, 4) is 22.1 Å². The molecule has 3 rings (SSSR count). The van der Waals surface area contributed by atoms with E-state index in [1.54, 1.807) is 12.1 Å². The van der Waals surface area contributed by atoms with Gasteiger partial charge in [-0.05, 0) is 31.5 Å². The summed E-state index contributed by atoms with van der Waals surface area (Å²) in [5.41, 5.74) is 3.00. The number of thiazole rings is 1. The summed E-state index contributed by atoms with van der Waals surface area (Å²) in [5, 5.41) is 0.881. The molecule has 28 heavy (non-hydrogen) atoms. The molecule has 0 saturated heterocycles. The number of sulfonamides is 1. The Morgan fingerprint density at radius 3 is 2.50 bits per heavy atom. The van der Waals surface area contributed by atoms with Gasteiger partial charge in [-0.15, -0.1) is 11.3 Å². The second kappa shape index (κ2) is 8.30. The summed E-state index contributed by atoms with van der Waals surface area (Å²) in [6.07, 6.45) is 0. The van der Waals surface area contributed by atoms with E-state index in [0.717, 1.165) is 26.7 Å². The zero-order valence-electron chi connectivity index (χ0n) is 16.1. The lowest BCUT2D eigenvalue weighted by Crippen LogP contribution is -2.23. The second-order valence-electron chi connectivity index (χ2n) is 6.18. The highest BCUT2D eigenvalue weighted by atomic mass is 32.2. The zero-order chi connectivity index (χ0) is 20.3. The minimum absolute atomic E-state index is 0.0668. The van der Waals surface area contributed by atoms with Crippen LogP contribution in [0.25, 0.3) is 10.6 Å². The van der Waals surface area contributed by atoms with Gasteiger partial charge in [0.15, 0.2) is 0 Å². The number of rotatable bonds is 7. The third-order valence-corrected chi connectivity index (χ3v) is 6.98. The summed E-state index contributed by atoms with van der Waals surface area (Å²) in [7, 11) is -0.818. The first-order valence-electron chi connectivity index (χ1n) is 8.59. The molecule has 0 unspecified atom stereocenters. The van der Waals surface area contributed by atoms with Gasteiger partial charge < -0.3 is 9.47 Å². The van der Waals surface area contributed by atoms with Crippen molar-refractivity contribution in [1.82, 2.24) is 9.71 Å². The van der Waals surface area contributed by atoms with Gasteiger partial charge in [0.25, 0.3) is 0 Å². The van der Waals surface area contributed by atoms with Crippen molar-refractivity contribution >= 4 is 21.4 Å². The lowest BCUT2D eigenvalue weighted by Gasteiger charge is -2.11. The molecule has 0 bridgehead atoms. The van der Waals surface area contributed by atoms with Gasteiger partial charge in [0.05, 0.1) is 19.9 Å². The van der Waals surface area contributed by atoms with E-state index in [-0.39, 0.29) is 17.2 Å². The molecule has 148 valence electrons. The quantitative estimate of drug-likeness (QED) is 0.629. The molecule has 0 spiro atoms. The minimum Gasteiger partial charge on any atom is -0.497 e. The SMILES string of the molecule is COc1ccc(S(=O)(=O)NCc2sc(-c3ccccc3C)nc2C)c(OC)c1. The number of benzene rings is 2. The molecule has 2 aromatic carbocycles. The second-order valence-corrected chi connectivity index (χ2v) is 9.00. The Kier molecular flexibility index (Phi) is 6.02. The molecule has 0 fully saturated rings. The van der Waals surface area contributed by atoms with Crippen molar-refractivity contribution < 1.29 is 17.9 Å². The van der Waals surface area contributed by atoms with Gasteiger partial charge in [0.1, 0.15) is 21.4 Å². The van der Waals surface area contributed by atoms with Crippen molar-refractivity contribution in [3.63, 3.8) is 0 Å². The topological polar surface area (TPSA) is 77.5 Å². The van der Waals surface area contributed by atoms with Gasteiger partial charge in [0, 0.05) is 23.1 Å². The molecule has 1 aromatic heterocycles. The molecular weight excluding hydrogens is 396 g/mol. The number of aryl methyl sites for hydroxylation is 2. The standard InChI is InChI=1S/C20H22N2O4S2/c1-13-7-5-6-8-16(13)20-22-14(2)18(27-20)12-21-28(23,24)19-10-9-15(25-3)11-17(19)26-4/h5-11,21H,12H2,1-4H3. The van der Waals surface area contributed by atoms with Gasteiger partial charge in [-0.3, -0.25) is 0 Å². The first-order chi connectivity index (χ1) is 13.4. The first kappa shape index (κ1) is 20.3. The third kappa shape index (κ3) is 4.19. The molecule has 6 nitrogen and oxygen atoms in total. The summed E-state index contributed by atoms with van der Waals surface area (Å²) in [6, 6.07) is 12.6. The van der Waals surface area contributed by atoms with Crippen molar-refractivity contribution in [2.45, 2.75) is 25.3 Å². The van der Waals surface area contributed by atoms with E-state index in [4.69, 9.17) is 9.47 Å². The van der Waals surface area contributed by atoms with Crippen LogP contribution in [0.1, 0.15) is 16.1 Å². The van der Waals surface area contributed by atoms with E-state index in [2.05, 4.69) is 9.71 Å². The molecular formula is C20H22N2O4S2. The minimum atomic E-state index is -3.76. The Morgan fingerprint density at radius 1 is 1.07 bits per heavy atom. The molecule has 1 N–H and O–H groups in total. The lowest BCUT2D eigenvalue weighted by molar-refractivity contribution is 0.386. The largest absolute Gasteiger partial charge is 0.497 e. The number of hydrogen-bond acceptors (Lipinski definition) is 6. The Hall–Kier alpha value is -2.42. The van der Waals surface area contributed by atoms with Crippen LogP contribution in [-0.2, 0) is 16.6 Å². The number of aromatic nitrogens is 1. The van der Waals surface area contributed by atoms with Crippen LogP contribution >= 0.6 is 11.3 Å². The molecule has 0 aliphatic heterocycles. The fraction of sp³-hybridized carbons (Fsp3) is 0.250. The predicted molar refractivity (Wildman–Crippen MR) is 111 cm³/mol. The van der Waals surface area contributed by atoms with Gasteiger partial charge in [-0.25, -0.2) is 18.1 Å². The van der Waals surface area contributed by atoms with E-state index in [1.165, 1.54) is 31.6 Å². The van der Waals surface area contributed by atoms with Gasteiger partial charge >= 0.3 is 0 Å². The number of ether oxygens (including phenoxy) is 2. The van der Waals surface area contributed by atoms with Gasteiger partial charge in [0.2, 0.25) is 10.0 Å². The summed E-state index contributed by atoms with van der Waals surface area (Å²) < 4.78 is 38.5. The van der Waals surface area contributed by atoms with Crippen LogP contribution in [-0.4, -0.2) is 27.6 Å². The summed E-state index contributed by atoms with van der Waals surface area (Å²) in [5.74, 6) is 0.755. The summed E-state index contributed by atoms with van der Waals surface area (Å²) in [4.78, 5) is 5.55. The Balaban J connectivity index is 1.83. The first-order valence-corrected chi connectivity index (χ1v) is 10.9. The maximum Gasteiger partial charge on any atom is 0.244 e. The van der Waals surface area contributed by atoms with Crippen LogP contribution in [0.2, 0.25) is 0 Å². The maximum absolute atomic E-state index is 12.8. The smallest absolute Gasteiger partial charge is 0.244 e. The van der Waals surface area contributed by atoms with Crippen molar-refractivity contribution in [1.29, 1.82) is 0 Å². The van der Waals surface area contributed by atoms with Crippen LogP contribution in [0.3, 0.4) is 0 Å². The van der Waals surface area contributed by atoms with Crippen LogP contribution in [0.5, 0.6) is 11.5 Å². The molecule has 0 atom stereocenters. The van der Waals surface area contributed by atoms with E-state index < -0.39 is 10.0 Å². The fourth-order valence-corrected chi connectivity index (χ4v) is 5.08. The predicted octanol–water partition coefficient (Wildman–Crippen LogP) is 3.92. The molecule has 8 heteroatoms. The lowest BCUT2D eigenvalue weighted by atomic mass is 10.1. The number of nitrogens with zero attached hydrogens (tertiary/aromatic N) is 1. The number of hydrogen-bond donors (Lipinski definition) is 1. The van der Waals surface area contributed by atoms with Gasteiger partial charge in [-0.2, -0.15) is 0 Å². The van der Waals surface area contributed by atoms with Crippen LogP contribution in [0.4, 0.5) is 0 Å². The third-order valence-electron chi connectivity index (χ3n) is 4.35. The maximum atomic E-state index is 12.8. The molecule has 0 saturated carbocycles. The molecule has 0 aliphatic rings. The molecule has 0 aliphatic carbocycles. The zero-order valence-corrected chi connectivity index (χ0v) is 17.8. The highest BCUT2D eigenvalue weighted by Crippen LogP contribution is 2.31. The highest BCUT2D eigenvalue weighted by molar-refractivity contribution is 7.89. The van der Waals surface area contributed by atoms with E-state index in [9.17, 15) is 8.42 Å². The summed E-state index contributed by atoms with van der Waals surface area (Å²) in [6.45, 7) is 4.08. The van der Waals surface area contributed by atoms with E-state index >= 15 is 0 Å². The normalized spacial score (nSPS) is 11.4. The van der Waals surface area contributed by atoms with Crippen molar-refractivity contribution in [2.24, 2.45) is 0 Å². The summed E-state index contributed by atoms with van der Waals surface area (Å²) >= 11 is 1.49. The van der Waals surface area contributed by atoms with Crippen molar-refractivity contribution in [2.75, 3.05) is 14.2 Å². The van der Waals surface area contributed by atoms with Crippen LogP contribution < -0.4 is 14.2 Å². The van der Waals surface area contributed by atoms with Gasteiger partial charge in [-0.1, -0.05) is 24.3 Å². The average Bonchev–Trinajstić information content (AvgIpc) is 3.06. The van der Waals surface area contributed by atoms with Crippen LogP contribution in [0, 0.1) is 13.8 Å². The van der Waals surface area contributed by atoms with E-state index in [0.29, 0.717) is 5.75 Å². The van der Waals surface area contributed by atoms with Crippen molar-refractivity contribution in [3.05, 3.63) is 58.6 Å². The monoisotopic (exact) mass is 418 g/mol. The Morgan fingerprint density at radius 2 is 1.82 bits per heavy atom. The molecule has 1 heterocycles. The highest BCUT2D eigenvalue weighted by Gasteiger charge is 2.21. The fourth-order valence-electron chi connectivity index (χ4n) is 2.76. The number of methoxy groups -OCH3 is 2. The van der Waals surface area contributed by atoms with E-state index in [1.807, 2.05) is 38.1 Å². The Bertz CT molecular complexity index is 1090. The average molecular weight is 419 g/mol. The molecule has 0 radical (unpaired) electrons. The van der Waals surface area contributed by atoms with Crippen LogP contribution in [0.15, 0.2) is 47.4 Å². The molecule has 3 aromatic rings. The molecule has 0 amide bonds.